The van der Waals surface area contributed by atoms with Gasteiger partial charge in [-0.1, -0.05) is 26.7 Å². The minimum Gasteiger partial charge on any atom is -0.341 e. The molecule has 0 spiro atoms. The fraction of sp³-hybridized carbons (Fsp3) is 0.500. The molecule has 2 aromatic rings. The zero-order chi connectivity index (χ0) is 12.2. The maximum absolute atomic E-state index is 3.78. The number of nitrogens with zero attached hydrogens (tertiary/aromatic N) is 4. The normalized spacial score (nSPS) is 8.50. The van der Waals surface area contributed by atoms with Crippen molar-refractivity contribution in [2.24, 2.45) is 14.1 Å². The molecule has 2 rings (SSSR count). The van der Waals surface area contributed by atoms with E-state index in [1.807, 2.05) is 35.6 Å². The van der Waals surface area contributed by atoms with Crippen molar-refractivity contribution >= 4 is 0 Å². The van der Waals surface area contributed by atoms with E-state index in [0.29, 0.717) is 0 Å². The van der Waals surface area contributed by atoms with Crippen LogP contribution in [0.2, 0.25) is 0 Å². The molecule has 2 heterocycles. The first kappa shape index (κ1) is 14.4. The van der Waals surface area contributed by atoms with Crippen molar-refractivity contribution in [1.82, 2.24) is 19.1 Å². The van der Waals surface area contributed by atoms with Crippen LogP contribution in [0, 0.1) is 0 Å². The van der Waals surface area contributed by atoms with Gasteiger partial charge in [0.2, 0.25) is 0 Å². The molecule has 0 atom stereocenters. The number of hydrogen-bond donors (Lipinski definition) is 0. The summed E-state index contributed by atoms with van der Waals surface area (Å²) in [6.07, 6.45) is 13.4. The van der Waals surface area contributed by atoms with Crippen molar-refractivity contribution < 1.29 is 0 Å². The topological polar surface area (TPSA) is 35.6 Å². The Morgan fingerprint density at radius 1 is 0.812 bits per heavy atom. The second-order valence-electron chi connectivity index (χ2n) is 3.46. The predicted octanol–water partition coefficient (Wildman–Crippen LogP) is 2.65. The number of imidazole rings is 2. The second kappa shape index (κ2) is 9.96. The molecule has 4 nitrogen and oxygen atoms in total. The highest BCUT2D eigenvalue weighted by Crippen LogP contribution is 1.76. The average molecular weight is 222 g/mol. The molecule has 0 unspecified atom stereocenters. The van der Waals surface area contributed by atoms with Crippen molar-refractivity contribution in [2.75, 3.05) is 0 Å². The molecule has 90 valence electrons. The number of unbranched alkanes of at least 4 members (excludes halogenated alkanes) is 1. The van der Waals surface area contributed by atoms with Crippen molar-refractivity contribution in [3.05, 3.63) is 37.4 Å². The van der Waals surface area contributed by atoms with Crippen LogP contribution in [0.1, 0.15) is 26.7 Å². The van der Waals surface area contributed by atoms with Gasteiger partial charge >= 0.3 is 0 Å². The number of hydrogen-bond acceptors (Lipinski definition) is 2. The van der Waals surface area contributed by atoms with Crippen molar-refractivity contribution in [3.63, 3.8) is 0 Å². The lowest BCUT2D eigenvalue weighted by molar-refractivity contribution is 0.886. The van der Waals surface area contributed by atoms with Crippen LogP contribution in [0.5, 0.6) is 0 Å². The lowest BCUT2D eigenvalue weighted by Crippen LogP contribution is -1.76. The van der Waals surface area contributed by atoms with Gasteiger partial charge in [0.15, 0.2) is 0 Å². The molecule has 0 amide bonds. The summed E-state index contributed by atoms with van der Waals surface area (Å²) < 4.78 is 3.78. The molecule has 0 aliphatic carbocycles. The Balaban J connectivity index is 0.000000217. The number of aromatic nitrogens is 4. The standard InChI is InChI=1S/2C4H6N2.C4H10/c2*1-6-3-2-5-4-6;1-3-4-2/h2*2-4H,1H3;3-4H2,1-2H3. The smallest absolute Gasteiger partial charge is 0.0943 e. The fourth-order valence-corrected chi connectivity index (χ4v) is 0.652. The molecule has 0 bridgehead atoms. The van der Waals surface area contributed by atoms with Gasteiger partial charge in [0, 0.05) is 38.9 Å². The average Bonchev–Trinajstić information content (AvgIpc) is 2.93. The van der Waals surface area contributed by atoms with Gasteiger partial charge in [-0.05, 0) is 0 Å². The van der Waals surface area contributed by atoms with Gasteiger partial charge in [0.25, 0.3) is 0 Å². The van der Waals surface area contributed by atoms with Gasteiger partial charge in [-0.2, -0.15) is 0 Å². The van der Waals surface area contributed by atoms with Gasteiger partial charge in [-0.3, -0.25) is 0 Å². The van der Waals surface area contributed by atoms with Gasteiger partial charge in [-0.25, -0.2) is 9.97 Å². The molecular weight excluding hydrogens is 200 g/mol. The van der Waals surface area contributed by atoms with Gasteiger partial charge < -0.3 is 9.13 Å². The molecule has 0 aromatic carbocycles. The van der Waals surface area contributed by atoms with Crippen molar-refractivity contribution in [1.29, 1.82) is 0 Å². The molecule has 0 saturated heterocycles. The molecule has 0 radical (unpaired) electrons. The fourth-order valence-electron chi connectivity index (χ4n) is 0.652. The summed E-state index contributed by atoms with van der Waals surface area (Å²) in [7, 11) is 3.88. The number of aryl methyl sites for hydroxylation is 2. The van der Waals surface area contributed by atoms with Crippen molar-refractivity contribution in [3.8, 4) is 0 Å². The number of rotatable bonds is 1. The third-order valence-corrected chi connectivity index (χ3v) is 1.77. The Morgan fingerprint density at radius 2 is 1.19 bits per heavy atom. The highest BCUT2D eigenvalue weighted by atomic mass is 15.0. The van der Waals surface area contributed by atoms with E-state index in [1.54, 1.807) is 25.0 Å². The maximum atomic E-state index is 3.78. The third kappa shape index (κ3) is 8.99. The van der Waals surface area contributed by atoms with Gasteiger partial charge in [0.05, 0.1) is 12.7 Å². The van der Waals surface area contributed by atoms with Crippen LogP contribution >= 0.6 is 0 Å². The molecule has 2 aromatic heterocycles. The van der Waals surface area contributed by atoms with Crippen LogP contribution in [-0.2, 0) is 14.1 Å². The summed E-state index contributed by atoms with van der Waals surface area (Å²) >= 11 is 0. The lowest BCUT2D eigenvalue weighted by Gasteiger charge is -1.76. The van der Waals surface area contributed by atoms with Crippen LogP contribution in [0.25, 0.3) is 0 Å². The van der Waals surface area contributed by atoms with E-state index in [1.165, 1.54) is 12.8 Å². The summed E-state index contributed by atoms with van der Waals surface area (Å²) in [5, 5.41) is 0. The highest BCUT2D eigenvalue weighted by Gasteiger charge is 1.69. The zero-order valence-corrected chi connectivity index (χ0v) is 10.7. The summed E-state index contributed by atoms with van der Waals surface area (Å²) in [5.41, 5.74) is 0. The minimum absolute atomic E-state index is 1.32. The zero-order valence-electron chi connectivity index (χ0n) is 10.7. The van der Waals surface area contributed by atoms with E-state index in [0.717, 1.165) is 0 Å². The van der Waals surface area contributed by atoms with E-state index in [2.05, 4.69) is 23.8 Å². The van der Waals surface area contributed by atoms with E-state index in [4.69, 9.17) is 0 Å². The van der Waals surface area contributed by atoms with Crippen LogP contribution in [0.3, 0.4) is 0 Å². The molecule has 0 saturated carbocycles. The summed E-state index contributed by atoms with van der Waals surface area (Å²) in [6, 6.07) is 0. The Hall–Kier alpha value is -1.58. The Morgan fingerprint density at radius 3 is 1.25 bits per heavy atom. The monoisotopic (exact) mass is 222 g/mol. The van der Waals surface area contributed by atoms with Gasteiger partial charge in [-0.15, -0.1) is 0 Å². The maximum Gasteiger partial charge on any atom is 0.0943 e. The van der Waals surface area contributed by atoms with Crippen LogP contribution in [0.4, 0.5) is 0 Å². The Kier molecular flexibility index (Phi) is 8.97. The SMILES string of the molecule is CCCC.Cn1ccnc1.Cn1ccnc1. The predicted molar refractivity (Wildman–Crippen MR) is 67.0 cm³/mol. The molecule has 0 N–H and O–H groups in total. The van der Waals surface area contributed by atoms with Gasteiger partial charge in [0.1, 0.15) is 0 Å². The van der Waals surface area contributed by atoms with Crippen LogP contribution in [0.15, 0.2) is 37.4 Å². The first-order valence-corrected chi connectivity index (χ1v) is 5.54. The quantitative estimate of drug-likeness (QED) is 0.743. The molecule has 0 aliphatic rings. The largest absolute Gasteiger partial charge is 0.341 e. The summed E-state index contributed by atoms with van der Waals surface area (Å²) in [6.45, 7) is 4.36. The minimum atomic E-state index is 1.32. The van der Waals surface area contributed by atoms with E-state index >= 15 is 0 Å². The van der Waals surface area contributed by atoms with E-state index in [9.17, 15) is 0 Å². The Labute approximate surface area is 98.0 Å². The highest BCUT2D eigenvalue weighted by molar-refractivity contribution is 4.70. The second-order valence-corrected chi connectivity index (χ2v) is 3.46. The first-order valence-electron chi connectivity index (χ1n) is 5.54. The van der Waals surface area contributed by atoms with E-state index in [-0.39, 0.29) is 0 Å². The summed E-state index contributed by atoms with van der Waals surface area (Å²) in [5.74, 6) is 0. The Bertz CT molecular complexity index is 276. The molecule has 4 heteroatoms. The van der Waals surface area contributed by atoms with Crippen LogP contribution < -0.4 is 0 Å². The molecule has 16 heavy (non-hydrogen) atoms. The summed E-state index contributed by atoms with van der Waals surface area (Å²) in [4.78, 5) is 7.57. The molecule has 0 fully saturated rings. The lowest BCUT2D eigenvalue weighted by atomic mass is 10.4. The molecular formula is C12H22N4. The molecule has 0 aliphatic heterocycles. The first-order chi connectivity index (χ1) is 7.70. The third-order valence-electron chi connectivity index (χ3n) is 1.77. The van der Waals surface area contributed by atoms with Crippen LogP contribution in [-0.4, -0.2) is 19.1 Å². The van der Waals surface area contributed by atoms with E-state index < -0.39 is 0 Å². The van der Waals surface area contributed by atoms with Crippen molar-refractivity contribution in [2.45, 2.75) is 26.7 Å².